The number of rotatable bonds is 12. The molecule has 0 unspecified atom stereocenters. The summed E-state index contributed by atoms with van der Waals surface area (Å²) in [5.74, 6) is 1.61. The summed E-state index contributed by atoms with van der Waals surface area (Å²) in [6.45, 7) is 5.84. The summed E-state index contributed by atoms with van der Waals surface area (Å²) in [7, 11) is 0. The maximum Gasteiger partial charge on any atom is 0.421 e. The van der Waals surface area contributed by atoms with Crippen LogP contribution >= 0.6 is 0 Å². The number of hydrogen-bond donors (Lipinski definition) is 4. The van der Waals surface area contributed by atoms with Crippen LogP contribution in [0.3, 0.4) is 0 Å². The van der Waals surface area contributed by atoms with Gasteiger partial charge < -0.3 is 58.0 Å². The van der Waals surface area contributed by atoms with E-state index in [1.54, 1.807) is 213 Å². The summed E-state index contributed by atoms with van der Waals surface area (Å²) in [4.78, 5) is 44.8. The fourth-order valence-corrected chi connectivity index (χ4v) is 12.1. The molecule has 0 saturated heterocycles. The first kappa shape index (κ1) is 114. The number of benzene rings is 4. The van der Waals surface area contributed by atoms with Crippen LogP contribution in [-0.2, 0) is 105 Å². The first-order valence-electron chi connectivity index (χ1n) is 41.1. The Morgan fingerprint density at radius 1 is 0.274 bits per heavy atom. The number of para-hydroxylation sites is 4. The van der Waals surface area contributed by atoms with Gasteiger partial charge in [-0.1, -0.05) is 111 Å². The minimum absolute atomic E-state index is 0. The molecule has 0 aliphatic carbocycles. The second-order valence-electron chi connectivity index (χ2n) is 28.9. The zero-order valence-electron chi connectivity index (χ0n) is 74.9. The van der Waals surface area contributed by atoms with Crippen LogP contribution in [0.2, 0.25) is 0 Å². The van der Waals surface area contributed by atoms with Crippen LogP contribution in [0.1, 0.15) is 45.6 Å². The van der Waals surface area contributed by atoms with Gasteiger partial charge in [-0.2, -0.15) is 72.6 Å². The van der Waals surface area contributed by atoms with E-state index in [1.807, 2.05) is 24.3 Å². The third-order valence-electron chi connectivity index (χ3n) is 18.6. The minimum atomic E-state index is -4.59. The van der Waals surface area contributed by atoms with Gasteiger partial charge in [-0.25, -0.2) is 0 Å². The average Bonchev–Trinajstić information content (AvgIpc) is 1.37. The Hall–Kier alpha value is -15.9. The molecule has 0 fully saturated rings. The molecule has 0 bridgehead atoms. The zero-order valence-corrected chi connectivity index (χ0v) is 84.4. The van der Waals surface area contributed by atoms with Gasteiger partial charge in [0.25, 0.3) is 23.6 Å². The van der Waals surface area contributed by atoms with E-state index < -0.39 is 59.4 Å². The molecule has 0 amide bonds. The molecule has 0 saturated carbocycles. The van der Waals surface area contributed by atoms with Crippen molar-refractivity contribution < 1.29 is 180 Å². The number of aromatic hydroxyl groups is 4. The molecular weight excluding hydrogens is 2640 g/mol. The fraction of sp³-hybridized carbons (Fsp3) is 0.0800. The van der Waals surface area contributed by atoms with Crippen LogP contribution in [-0.4, -0.2) is 121 Å². The van der Waals surface area contributed by atoms with Gasteiger partial charge in [-0.3, -0.25) is 39.9 Å². The Morgan fingerprint density at radius 3 is 0.836 bits per heavy atom. The summed E-state index contributed by atoms with van der Waals surface area (Å²) in [6.07, 6.45) is -1.70. The second-order valence-corrected chi connectivity index (χ2v) is 28.9. The SMILES string of the molecule is Cc1cc(-c2cccc(F)n2)[c-]c(C(F)(F)F)n1.Cc1cc(-c2ccccn2)[c-]c(C(F)(F)F)n1.Cc1nc(C(F)(F)F)c[c-]c1-c1cccc(F)n1.Cc1nc(C(F)(F)F)c[c-]c1-c1ccccn1.Oc1ccccc1-c1nnc(-c2cccnc2)o1.Oc1ccccc1-c1nnc(-c2cccnc2)o1.Oc1ccccc1-c1nnc(-c2cccnc2)o1.Oc1ccccc1-c1nnc(-c2cccnc2)o1.[Ir].[Ir].[Ir].[Ir]. The molecule has 20 rings (SSSR count). The fourth-order valence-electron chi connectivity index (χ4n) is 12.1. The van der Waals surface area contributed by atoms with Crippen LogP contribution < -0.4 is 0 Å². The van der Waals surface area contributed by atoms with E-state index in [1.165, 1.54) is 70.3 Å². The Morgan fingerprint density at radius 2 is 0.555 bits per heavy atom. The minimum Gasteiger partial charge on any atom is -0.507 e. The molecule has 28 nitrogen and oxygen atoms in total. The average molecular weight is 2710 g/mol. The summed E-state index contributed by atoms with van der Waals surface area (Å²) >= 11 is 0. The second kappa shape index (κ2) is 52.9. The van der Waals surface area contributed by atoms with Crippen molar-refractivity contribution in [1.29, 1.82) is 0 Å². The van der Waals surface area contributed by atoms with Crippen molar-refractivity contribution in [1.82, 2.24) is 101 Å². The number of phenols is 4. The van der Waals surface area contributed by atoms with Crippen molar-refractivity contribution >= 4 is 0 Å². The first-order valence-corrected chi connectivity index (χ1v) is 41.1. The van der Waals surface area contributed by atoms with E-state index in [0.717, 1.165) is 46.5 Å². The summed E-state index contributed by atoms with van der Waals surface area (Å²) in [5.41, 5.74) is 4.13. The smallest absolute Gasteiger partial charge is 0.421 e. The zero-order chi connectivity index (χ0) is 101. The predicted octanol–water partition coefficient (Wildman–Crippen LogP) is 23.4. The molecule has 46 heteroatoms. The Labute approximate surface area is 872 Å². The molecule has 4 aromatic carbocycles. The largest absolute Gasteiger partial charge is 0.507 e. The standard InChI is InChI=1S/4C13H9N3O2.2C12H7F4N2.2C12H8F3N2.4Ir/c4*17-11-6-2-1-5-10(11)13-16-15-12(18-13)9-4-3-7-14-8-9;1-7-5-8(6-10(17-7)12(14,15)16)9-3-2-4-11(13)18-9;1-7-8(9-3-2-4-11(13)18-9)5-6-10(17-7)12(14,15)16;1-8-9(10-4-2-3-7-16-10)5-6-11(17-8)12(13,14)15;1-8-6-9(10-4-2-3-5-16-10)7-11(17-8)12(13,14)15;;;;/h4*1-8,17H;2-5H,1H3;2-4,6H,1H3;2-4,6-7H,1H3;2-6H,1H3;;;;/q;;;;4*-1;;;;. The molecule has 16 heterocycles. The van der Waals surface area contributed by atoms with Crippen molar-refractivity contribution in [3.63, 3.8) is 0 Å². The summed E-state index contributed by atoms with van der Waals surface area (Å²) in [5, 5.41) is 70.2. The van der Waals surface area contributed by atoms with E-state index in [-0.39, 0.29) is 172 Å². The van der Waals surface area contributed by atoms with Crippen molar-refractivity contribution in [2.24, 2.45) is 0 Å². The van der Waals surface area contributed by atoms with E-state index in [0.29, 0.717) is 68.3 Å². The van der Waals surface area contributed by atoms with Gasteiger partial charge in [-0.15, -0.1) is 100 Å². The number of aromatic nitrogens is 20. The normalized spacial score (nSPS) is 10.7. The molecule has 0 aliphatic heterocycles. The van der Waals surface area contributed by atoms with Crippen LogP contribution in [0, 0.1) is 63.9 Å². The molecule has 20 aromatic rings. The molecule has 146 heavy (non-hydrogen) atoms. The van der Waals surface area contributed by atoms with Crippen LogP contribution in [0.5, 0.6) is 23.0 Å². The third kappa shape index (κ3) is 32.0. The van der Waals surface area contributed by atoms with Gasteiger partial charge in [-0.05, 0) is 181 Å². The maximum atomic E-state index is 12.9. The molecule has 752 valence electrons. The van der Waals surface area contributed by atoms with Gasteiger partial charge in [0.2, 0.25) is 35.5 Å². The molecular formula is C100H66F14Ir4N20O8-4. The van der Waals surface area contributed by atoms with Crippen LogP contribution in [0.15, 0.2) is 322 Å². The monoisotopic (exact) mass is 2710 g/mol. The van der Waals surface area contributed by atoms with Crippen LogP contribution in [0.25, 0.3) is 137 Å². The first-order chi connectivity index (χ1) is 68.1. The maximum absolute atomic E-state index is 12.9. The van der Waals surface area contributed by atoms with Gasteiger partial charge >= 0.3 is 24.7 Å². The molecule has 4 N–H and O–H groups in total. The number of aryl methyl sites for hydroxylation is 4. The number of hydrogen-bond acceptors (Lipinski definition) is 28. The number of halogens is 14. The summed E-state index contributed by atoms with van der Waals surface area (Å²) in [6, 6.07) is 73.8. The van der Waals surface area contributed by atoms with E-state index in [9.17, 15) is 81.9 Å². The Bertz CT molecular complexity index is 7080. The number of phenolic OH excluding ortho intramolecular Hbond substituents is 4. The van der Waals surface area contributed by atoms with Gasteiger partial charge in [0.15, 0.2) is 0 Å². The number of alkyl halides is 12. The molecule has 0 spiro atoms. The quantitative estimate of drug-likeness (QED) is 0.0501. The van der Waals surface area contributed by atoms with Gasteiger partial charge in [0.05, 0.1) is 67.3 Å². The van der Waals surface area contributed by atoms with Crippen molar-refractivity contribution in [2.75, 3.05) is 0 Å². The number of nitrogens with zero attached hydrogens (tertiary/aromatic N) is 20. The molecule has 0 aliphatic rings. The van der Waals surface area contributed by atoms with Crippen molar-refractivity contribution in [2.45, 2.75) is 52.4 Å². The van der Waals surface area contributed by atoms with E-state index in [4.69, 9.17) is 17.7 Å². The van der Waals surface area contributed by atoms with E-state index >= 15 is 0 Å². The topological polar surface area (TPSA) is 391 Å². The van der Waals surface area contributed by atoms with Gasteiger partial charge in [0, 0.05) is 142 Å². The molecule has 4 radical (unpaired) electrons. The number of pyridine rings is 12. The Balaban J connectivity index is 0.000000185. The predicted molar refractivity (Wildman–Crippen MR) is 483 cm³/mol. The van der Waals surface area contributed by atoms with Crippen molar-refractivity contribution in [3.05, 3.63) is 386 Å². The summed E-state index contributed by atoms with van der Waals surface area (Å²) < 4.78 is 198. The van der Waals surface area contributed by atoms with E-state index in [2.05, 4.69) is 125 Å². The van der Waals surface area contributed by atoms with Crippen molar-refractivity contribution in [3.8, 4) is 160 Å². The van der Waals surface area contributed by atoms with Crippen LogP contribution in [0.4, 0.5) is 61.5 Å². The molecule has 16 aromatic heterocycles. The third-order valence-corrected chi connectivity index (χ3v) is 18.6. The molecule has 0 atom stereocenters. The van der Waals surface area contributed by atoms with Gasteiger partial charge in [0.1, 0.15) is 23.0 Å². The Kier molecular flexibility index (Phi) is 41.2.